The summed E-state index contributed by atoms with van der Waals surface area (Å²) >= 11 is 0. The van der Waals surface area contributed by atoms with Crippen molar-refractivity contribution in [2.45, 2.75) is 26.2 Å². The molecule has 3 unspecified atom stereocenters. The molecule has 1 aromatic rings. The Hall–Kier alpha value is -1.84. The third-order valence-electron chi connectivity index (χ3n) is 3.98. The molecule has 0 saturated heterocycles. The molecule has 0 amide bonds. The molecule has 2 rings (SSSR count). The molecule has 0 aliphatic heterocycles. The smallest absolute Gasteiger partial charge is 0.306 e. The van der Waals surface area contributed by atoms with Gasteiger partial charge in [-0.1, -0.05) is 24.3 Å². The standard InChI is InChI=1S/C15H18O4/c1-9-4-2-3-5-10(9)6-7-11(14(16)17)12-8-13(12)15(18)19/h2-5,11-13H,6-8H2,1H3,(H,16,17)(H,18,19). The predicted molar refractivity (Wildman–Crippen MR) is 69.9 cm³/mol. The van der Waals surface area contributed by atoms with Crippen LogP contribution in [0.3, 0.4) is 0 Å². The molecule has 0 bridgehead atoms. The number of benzene rings is 1. The van der Waals surface area contributed by atoms with Crippen LogP contribution in [0.15, 0.2) is 24.3 Å². The summed E-state index contributed by atoms with van der Waals surface area (Å²) in [6, 6.07) is 7.89. The Morgan fingerprint density at radius 2 is 2.00 bits per heavy atom. The maximum Gasteiger partial charge on any atom is 0.306 e. The van der Waals surface area contributed by atoms with Crippen molar-refractivity contribution in [1.82, 2.24) is 0 Å². The van der Waals surface area contributed by atoms with E-state index in [2.05, 4.69) is 0 Å². The number of carbonyl (C=O) groups is 2. The van der Waals surface area contributed by atoms with E-state index in [1.54, 1.807) is 0 Å². The topological polar surface area (TPSA) is 74.6 Å². The zero-order chi connectivity index (χ0) is 14.0. The maximum absolute atomic E-state index is 11.3. The number of aryl methyl sites for hydroxylation is 2. The monoisotopic (exact) mass is 262 g/mol. The Bertz CT molecular complexity index is 495. The van der Waals surface area contributed by atoms with Gasteiger partial charge in [0.05, 0.1) is 11.8 Å². The molecule has 1 aliphatic carbocycles. The van der Waals surface area contributed by atoms with Gasteiger partial charge in [0.1, 0.15) is 0 Å². The van der Waals surface area contributed by atoms with Crippen molar-refractivity contribution < 1.29 is 19.8 Å². The molecule has 0 aromatic heterocycles. The zero-order valence-electron chi connectivity index (χ0n) is 10.9. The van der Waals surface area contributed by atoms with Gasteiger partial charge >= 0.3 is 11.9 Å². The summed E-state index contributed by atoms with van der Waals surface area (Å²) in [6.07, 6.45) is 1.70. The summed E-state index contributed by atoms with van der Waals surface area (Å²) in [5.41, 5.74) is 2.29. The molecule has 1 aliphatic rings. The fourth-order valence-electron chi connectivity index (χ4n) is 2.67. The zero-order valence-corrected chi connectivity index (χ0v) is 10.9. The van der Waals surface area contributed by atoms with Crippen molar-refractivity contribution in [3.8, 4) is 0 Å². The molecule has 1 saturated carbocycles. The van der Waals surface area contributed by atoms with Gasteiger partial charge in [-0.25, -0.2) is 0 Å². The van der Waals surface area contributed by atoms with Crippen LogP contribution in [-0.2, 0) is 16.0 Å². The van der Waals surface area contributed by atoms with Crippen molar-refractivity contribution in [2.75, 3.05) is 0 Å². The molecule has 4 nitrogen and oxygen atoms in total. The normalized spacial score (nSPS) is 22.8. The Labute approximate surface area is 112 Å². The first kappa shape index (κ1) is 13.6. The van der Waals surface area contributed by atoms with Gasteiger partial charge in [-0.3, -0.25) is 9.59 Å². The first-order chi connectivity index (χ1) is 9.00. The number of aliphatic carboxylic acids is 2. The molecule has 2 N–H and O–H groups in total. The number of rotatable bonds is 6. The summed E-state index contributed by atoms with van der Waals surface area (Å²) in [5, 5.41) is 18.1. The molecule has 1 aromatic carbocycles. The van der Waals surface area contributed by atoms with Gasteiger partial charge in [0.25, 0.3) is 0 Å². The Morgan fingerprint density at radius 3 is 2.53 bits per heavy atom. The maximum atomic E-state index is 11.3. The van der Waals surface area contributed by atoms with Crippen LogP contribution >= 0.6 is 0 Å². The van der Waals surface area contributed by atoms with E-state index >= 15 is 0 Å². The third kappa shape index (κ3) is 3.13. The van der Waals surface area contributed by atoms with Gasteiger partial charge in [-0.2, -0.15) is 0 Å². The van der Waals surface area contributed by atoms with Crippen LogP contribution in [0.2, 0.25) is 0 Å². The first-order valence-electron chi connectivity index (χ1n) is 6.51. The van der Waals surface area contributed by atoms with Crippen LogP contribution in [0.1, 0.15) is 24.0 Å². The van der Waals surface area contributed by atoms with E-state index in [4.69, 9.17) is 5.11 Å². The van der Waals surface area contributed by atoms with E-state index in [1.807, 2.05) is 31.2 Å². The largest absolute Gasteiger partial charge is 0.481 e. The van der Waals surface area contributed by atoms with Crippen molar-refractivity contribution in [3.63, 3.8) is 0 Å². The first-order valence-corrected chi connectivity index (χ1v) is 6.51. The molecule has 102 valence electrons. The van der Waals surface area contributed by atoms with Crippen LogP contribution in [0.25, 0.3) is 0 Å². The van der Waals surface area contributed by atoms with Gasteiger partial charge in [-0.05, 0) is 43.2 Å². The molecular weight excluding hydrogens is 244 g/mol. The minimum absolute atomic E-state index is 0.195. The number of carboxylic acid groups (broad SMARTS) is 2. The molecule has 19 heavy (non-hydrogen) atoms. The Kier molecular flexibility index (Phi) is 3.88. The van der Waals surface area contributed by atoms with Crippen molar-refractivity contribution in [2.24, 2.45) is 17.8 Å². The third-order valence-corrected chi connectivity index (χ3v) is 3.98. The van der Waals surface area contributed by atoms with E-state index in [1.165, 1.54) is 0 Å². The van der Waals surface area contributed by atoms with Gasteiger partial charge in [-0.15, -0.1) is 0 Å². The van der Waals surface area contributed by atoms with Crippen LogP contribution in [-0.4, -0.2) is 22.2 Å². The molecule has 4 heteroatoms. The highest BCUT2D eigenvalue weighted by Gasteiger charge is 2.50. The predicted octanol–water partition coefficient (Wildman–Crippen LogP) is 2.35. The van der Waals surface area contributed by atoms with E-state index in [0.29, 0.717) is 19.3 Å². The summed E-state index contributed by atoms with van der Waals surface area (Å²) in [4.78, 5) is 22.1. The van der Waals surface area contributed by atoms with Gasteiger partial charge < -0.3 is 10.2 Å². The van der Waals surface area contributed by atoms with Crippen LogP contribution in [0.5, 0.6) is 0 Å². The minimum atomic E-state index is -0.873. The van der Waals surface area contributed by atoms with Gasteiger partial charge in [0, 0.05) is 0 Å². The molecule has 1 fully saturated rings. The quantitative estimate of drug-likeness (QED) is 0.825. The minimum Gasteiger partial charge on any atom is -0.481 e. The van der Waals surface area contributed by atoms with Crippen LogP contribution < -0.4 is 0 Å². The Morgan fingerprint density at radius 1 is 1.32 bits per heavy atom. The van der Waals surface area contributed by atoms with Crippen LogP contribution in [0.4, 0.5) is 0 Å². The average molecular weight is 262 g/mol. The van der Waals surface area contributed by atoms with Gasteiger partial charge in [0.15, 0.2) is 0 Å². The lowest BCUT2D eigenvalue weighted by Gasteiger charge is -2.12. The summed E-state index contributed by atoms with van der Waals surface area (Å²) in [5.74, 6) is -2.94. The number of hydrogen-bond donors (Lipinski definition) is 2. The van der Waals surface area contributed by atoms with Crippen molar-refractivity contribution in [1.29, 1.82) is 0 Å². The fourth-order valence-corrected chi connectivity index (χ4v) is 2.67. The highest BCUT2D eigenvalue weighted by atomic mass is 16.4. The lowest BCUT2D eigenvalue weighted by Crippen LogP contribution is -2.19. The number of carboxylic acids is 2. The second kappa shape index (κ2) is 5.43. The van der Waals surface area contributed by atoms with Gasteiger partial charge in [0.2, 0.25) is 0 Å². The second-order valence-corrected chi connectivity index (χ2v) is 5.25. The molecule has 0 radical (unpaired) electrons. The second-order valence-electron chi connectivity index (χ2n) is 5.25. The summed E-state index contributed by atoms with van der Waals surface area (Å²) in [7, 11) is 0. The van der Waals surface area contributed by atoms with E-state index in [-0.39, 0.29) is 5.92 Å². The molecule has 0 heterocycles. The average Bonchev–Trinajstić information content (AvgIpc) is 3.11. The molecule has 3 atom stereocenters. The molecule has 0 spiro atoms. The van der Waals surface area contributed by atoms with E-state index in [0.717, 1.165) is 11.1 Å². The summed E-state index contributed by atoms with van der Waals surface area (Å²) in [6.45, 7) is 2.00. The lowest BCUT2D eigenvalue weighted by atomic mass is 9.92. The number of hydrogen-bond acceptors (Lipinski definition) is 2. The fraction of sp³-hybridized carbons (Fsp3) is 0.467. The highest BCUT2D eigenvalue weighted by Crippen LogP contribution is 2.46. The van der Waals surface area contributed by atoms with E-state index < -0.39 is 23.8 Å². The highest BCUT2D eigenvalue weighted by molar-refractivity contribution is 5.77. The summed E-state index contributed by atoms with van der Waals surface area (Å²) < 4.78 is 0. The molecular formula is C15H18O4. The van der Waals surface area contributed by atoms with Crippen LogP contribution in [0, 0.1) is 24.7 Å². The Balaban J connectivity index is 1.98. The van der Waals surface area contributed by atoms with Crippen molar-refractivity contribution >= 4 is 11.9 Å². The van der Waals surface area contributed by atoms with E-state index in [9.17, 15) is 14.7 Å². The SMILES string of the molecule is Cc1ccccc1CCC(C(=O)O)C1CC1C(=O)O. The lowest BCUT2D eigenvalue weighted by molar-refractivity contribution is -0.143. The van der Waals surface area contributed by atoms with Crippen molar-refractivity contribution in [3.05, 3.63) is 35.4 Å².